The molecule has 4 heteroatoms. The molecular weight excluding hydrogens is 333 g/mol. The number of benzene rings is 1. The van der Waals surface area contributed by atoms with Gasteiger partial charge < -0.3 is 0 Å². The predicted octanol–water partition coefficient (Wildman–Crippen LogP) is 5.43. The number of hydrogen-bond donors (Lipinski definition) is 0. The lowest BCUT2D eigenvalue weighted by Crippen LogP contribution is -2.13. The number of alkyl halides is 1. The van der Waals surface area contributed by atoms with E-state index in [1.165, 1.54) is 0 Å². The number of hydrogen-bond acceptors (Lipinski definition) is 2. The Hall–Kier alpha value is -1.29. The molecule has 0 aliphatic carbocycles. The van der Waals surface area contributed by atoms with Crippen LogP contribution in [0.25, 0.3) is 0 Å². The largest absolute Gasteiger partial charge is 0.287 e. The molecule has 1 aromatic rings. The van der Waals surface area contributed by atoms with E-state index in [-0.39, 0.29) is 5.78 Å². The summed E-state index contributed by atoms with van der Waals surface area (Å²) >= 11 is 3.30. The van der Waals surface area contributed by atoms with Crippen LogP contribution in [0.15, 0.2) is 33.9 Å². The molecule has 2 nitrogen and oxygen atoms in total. The molecule has 0 radical (unpaired) electrons. The number of carbonyl (C=O) groups is 1. The van der Waals surface area contributed by atoms with Gasteiger partial charge in [0.15, 0.2) is 0 Å². The van der Waals surface area contributed by atoms with Crippen molar-refractivity contribution < 1.29 is 9.18 Å². The summed E-state index contributed by atoms with van der Waals surface area (Å²) in [7, 11) is 0. The number of rotatable bonds is 6. The van der Waals surface area contributed by atoms with E-state index in [1.54, 1.807) is 32.2 Å². The third kappa shape index (κ3) is 4.60. The lowest BCUT2D eigenvalue weighted by Gasteiger charge is -2.10. The van der Waals surface area contributed by atoms with Crippen molar-refractivity contribution in [3.05, 3.63) is 45.6 Å². The molecule has 1 unspecified atom stereocenters. The first-order valence-corrected chi connectivity index (χ1v) is 7.81. The molecule has 0 amide bonds. The molecule has 0 aliphatic heterocycles. The smallest absolute Gasteiger partial charge is 0.207 e. The Morgan fingerprint density at radius 3 is 2.71 bits per heavy atom. The van der Waals surface area contributed by atoms with Crippen molar-refractivity contribution in [2.75, 3.05) is 0 Å². The topological polar surface area (TPSA) is 29.4 Å². The number of carbonyl (C=O) groups excluding carboxylic acids is 1. The molecule has 0 fully saturated rings. The molecule has 0 heterocycles. The summed E-state index contributed by atoms with van der Waals surface area (Å²) < 4.78 is 13.7. The third-order valence-electron chi connectivity index (χ3n) is 3.57. The van der Waals surface area contributed by atoms with Gasteiger partial charge in [-0.2, -0.15) is 0 Å². The molecular formula is C17H21BrFNO. The fourth-order valence-corrected chi connectivity index (χ4v) is 2.36. The molecule has 0 N–H and O–H groups in total. The SMILES string of the molecule is CCC(C)/C=C\N=C(/C)C(=O)c1ccc(Br)c(CF)c1C. The second-order valence-corrected chi connectivity index (χ2v) is 5.96. The second kappa shape index (κ2) is 8.23. The number of Topliss-reactive ketones (excluding diaryl/α,β-unsaturated/α-hetero) is 1. The lowest BCUT2D eigenvalue weighted by atomic mass is 9.98. The molecule has 114 valence electrons. The molecule has 21 heavy (non-hydrogen) atoms. The van der Waals surface area contributed by atoms with Crippen molar-refractivity contribution in [1.82, 2.24) is 0 Å². The zero-order valence-electron chi connectivity index (χ0n) is 12.9. The highest BCUT2D eigenvalue weighted by Gasteiger charge is 2.16. The van der Waals surface area contributed by atoms with Gasteiger partial charge in [0.2, 0.25) is 5.78 Å². The van der Waals surface area contributed by atoms with Crippen molar-refractivity contribution >= 4 is 27.4 Å². The van der Waals surface area contributed by atoms with Gasteiger partial charge in [-0.25, -0.2) is 4.39 Å². The van der Waals surface area contributed by atoms with Crippen LogP contribution in [0.4, 0.5) is 4.39 Å². The van der Waals surface area contributed by atoms with E-state index >= 15 is 0 Å². The highest BCUT2D eigenvalue weighted by Crippen LogP contribution is 2.25. The van der Waals surface area contributed by atoms with Gasteiger partial charge in [0.1, 0.15) is 6.67 Å². The van der Waals surface area contributed by atoms with Crippen LogP contribution < -0.4 is 0 Å². The van der Waals surface area contributed by atoms with Crippen molar-refractivity contribution in [3.8, 4) is 0 Å². The lowest BCUT2D eigenvalue weighted by molar-refractivity contribution is 0.106. The van der Waals surface area contributed by atoms with Crippen molar-refractivity contribution in [3.63, 3.8) is 0 Å². The van der Waals surface area contributed by atoms with Gasteiger partial charge in [0.05, 0.1) is 5.71 Å². The summed E-state index contributed by atoms with van der Waals surface area (Å²) in [4.78, 5) is 16.6. The van der Waals surface area contributed by atoms with E-state index in [4.69, 9.17) is 0 Å². The first-order chi connectivity index (χ1) is 9.92. The van der Waals surface area contributed by atoms with Crippen LogP contribution in [-0.4, -0.2) is 11.5 Å². The molecule has 0 saturated carbocycles. The molecule has 1 atom stereocenters. The van der Waals surface area contributed by atoms with Gasteiger partial charge in [0.25, 0.3) is 0 Å². The Morgan fingerprint density at radius 1 is 1.48 bits per heavy atom. The Morgan fingerprint density at radius 2 is 2.14 bits per heavy atom. The molecule has 0 saturated heterocycles. The first-order valence-electron chi connectivity index (χ1n) is 7.02. The fraction of sp³-hybridized carbons (Fsp3) is 0.412. The van der Waals surface area contributed by atoms with Gasteiger partial charge in [-0.15, -0.1) is 0 Å². The molecule has 0 aliphatic rings. The minimum atomic E-state index is -0.600. The maximum absolute atomic E-state index is 13.0. The van der Waals surface area contributed by atoms with Crippen molar-refractivity contribution in [2.45, 2.75) is 40.8 Å². The van der Waals surface area contributed by atoms with E-state index in [9.17, 15) is 9.18 Å². The molecule has 0 aromatic heterocycles. The highest BCUT2D eigenvalue weighted by atomic mass is 79.9. The van der Waals surface area contributed by atoms with Gasteiger partial charge in [-0.05, 0) is 37.5 Å². The zero-order chi connectivity index (χ0) is 16.0. The van der Waals surface area contributed by atoms with E-state index in [0.29, 0.717) is 32.8 Å². The molecule has 0 bridgehead atoms. The van der Waals surface area contributed by atoms with Crippen LogP contribution in [0.5, 0.6) is 0 Å². The van der Waals surface area contributed by atoms with Gasteiger partial charge in [-0.1, -0.05) is 42.3 Å². The van der Waals surface area contributed by atoms with Crippen LogP contribution in [0, 0.1) is 12.8 Å². The number of ketones is 1. The van der Waals surface area contributed by atoms with E-state index < -0.39 is 6.67 Å². The van der Waals surface area contributed by atoms with Gasteiger partial charge >= 0.3 is 0 Å². The second-order valence-electron chi connectivity index (χ2n) is 5.10. The third-order valence-corrected chi connectivity index (χ3v) is 4.32. The van der Waals surface area contributed by atoms with Crippen molar-refractivity contribution in [1.29, 1.82) is 0 Å². The van der Waals surface area contributed by atoms with E-state index in [2.05, 4.69) is 34.8 Å². The standard InChI is InChI=1S/C17H21BrFNO/c1-5-11(2)8-9-20-13(4)17(21)14-6-7-16(18)15(10-19)12(14)3/h6-9,11H,5,10H2,1-4H3/b9-8-,20-13+. The number of nitrogens with zero attached hydrogens (tertiary/aromatic N) is 1. The number of halogens is 2. The maximum atomic E-state index is 13.0. The summed E-state index contributed by atoms with van der Waals surface area (Å²) in [5, 5.41) is 0. The Balaban J connectivity index is 3.04. The van der Waals surface area contributed by atoms with Gasteiger partial charge in [0, 0.05) is 21.8 Å². The molecule has 1 rings (SSSR count). The molecule has 1 aromatic carbocycles. The average molecular weight is 354 g/mol. The van der Waals surface area contributed by atoms with Crippen LogP contribution in [0.2, 0.25) is 0 Å². The van der Waals surface area contributed by atoms with Crippen LogP contribution in [0.1, 0.15) is 48.7 Å². The van der Waals surface area contributed by atoms with Crippen LogP contribution >= 0.6 is 15.9 Å². The van der Waals surface area contributed by atoms with E-state index in [0.717, 1.165) is 6.42 Å². The fourth-order valence-electron chi connectivity index (χ4n) is 1.83. The minimum absolute atomic E-state index is 0.163. The summed E-state index contributed by atoms with van der Waals surface area (Å²) in [5.41, 5.74) is 2.09. The first kappa shape index (κ1) is 17.8. The predicted molar refractivity (Wildman–Crippen MR) is 89.7 cm³/mol. The average Bonchev–Trinajstić information content (AvgIpc) is 2.46. The summed E-state index contributed by atoms with van der Waals surface area (Å²) in [6.07, 6.45) is 4.68. The maximum Gasteiger partial charge on any atom is 0.207 e. The molecule has 0 spiro atoms. The van der Waals surface area contributed by atoms with Crippen LogP contribution in [0.3, 0.4) is 0 Å². The Kier molecular flexibility index (Phi) is 6.96. The Labute approximate surface area is 134 Å². The summed E-state index contributed by atoms with van der Waals surface area (Å²) in [6, 6.07) is 3.41. The van der Waals surface area contributed by atoms with Crippen molar-refractivity contribution in [2.24, 2.45) is 10.9 Å². The monoisotopic (exact) mass is 353 g/mol. The number of allylic oxidation sites excluding steroid dienone is 1. The highest BCUT2D eigenvalue weighted by molar-refractivity contribution is 9.10. The quantitative estimate of drug-likeness (QED) is 0.495. The van der Waals surface area contributed by atoms with Crippen LogP contribution in [-0.2, 0) is 6.67 Å². The Bertz CT molecular complexity index is 578. The van der Waals surface area contributed by atoms with Gasteiger partial charge in [-0.3, -0.25) is 9.79 Å². The number of aliphatic imine (C=N–C) groups is 1. The zero-order valence-corrected chi connectivity index (χ0v) is 14.5. The summed E-state index contributed by atoms with van der Waals surface area (Å²) in [6.45, 7) is 7.03. The van der Waals surface area contributed by atoms with E-state index in [1.807, 2.05) is 6.08 Å². The minimum Gasteiger partial charge on any atom is -0.287 e. The normalized spacial score (nSPS) is 13.7. The summed E-state index contributed by atoms with van der Waals surface area (Å²) in [5.74, 6) is 0.271.